The van der Waals surface area contributed by atoms with Gasteiger partial charge in [0.2, 0.25) is 0 Å². The lowest BCUT2D eigenvalue weighted by Crippen LogP contribution is -1.94. The van der Waals surface area contributed by atoms with Crippen LogP contribution in [0.25, 0.3) is 0 Å². The molecule has 0 nitrogen and oxygen atoms in total. The van der Waals surface area contributed by atoms with Crippen LogP contribution in [-0.2, 0) is 0 Å². The molecule has 0 aliphatic heterocycles. The Morgan fingerprint density at radius 3 is 1.53 bits per heavy atom. The molecule has 0 N–H and O–H groups in total. The van der Waals surface area contributed by atoms with Crippen LogP contribution < -0.4 is 0 Å². The van der Waals surface area contributed by atoms with Gasteiger partial charge >= 0.3 is 0 Å². The van der Waals surface area contributed by atoms with Gasteiger partial charge in [0, 0.05) is 0 Å². The summed E-state index contributed by atoms with van der Waals surface area (Å²) in [5.41, 5.74) is 0. The topological polar surface area (TPSA) is 0 Å². The van der Waals surface area contributed by atoms with Gasteiger partial charge in [0.25, 0.3) is 0 Å². The van der Waals surface area contributed by atoms with Crippen LogP contribution in [0.1, 0.15) is 110 Å². The van der Waals surface area contributed by atoms with Crippen molar-refractivity contribution >= 4 is 0 Å². The third-order valence-corrected chi connectivity index (χ3v) is 4.25. The minimum Gasteiger partial charge on any atom is -0.0654 e. The van der Waals surface area contributed by atoms with Crippen molar-refractivity contribution in [3.63, 3.8) is 0 Å². The first-order valence-corrected chi connectivity index (χ1v) is 9.10. The van der Waals surface area contributed by atoms with E-state index in [4.69, 9.17) is 0 Å². The first kappa shape index (κ1) is 19.0. The van der Waals surface area contributed by atoms with E-state index >= 15 is 0 Å². The van der Waals surface area contributed by atoms with E-state index in [-0.39, 0.29) is 0 Å². The SMILES string of the molecule is [CH2]CCCCCCCCCCCC(C)CCCCC. The number of hydrogen-bond acceptors (Lipinski definition) is 0. The summed E-state index contributed by atoms with van der Waals surface area (Å²) in [6, 6.07) is 0. The summed E-state index contributed by atoms with van der Waals surface area (Å²) in [5.74, 6) is 0.967. The van der Waals surface area contributed by atoms with E-state index in [0.29, 0.717) is 0 Å². The van der Waals surface area contributed by atoms with Gasteiger partial charge in [-0.15, -0.1) is 0 Å². The molecule has 0 aliphatic carbocycles. The van der Waals surface area contributed by atoms with Crippen LogP contribution in [0.5, 0.6) is 0 Å². The monoisotopic (exact) mass is 267 g/mol. The zero-order chi connectivity index (χ0) is 14.2. The summed E-state index contributed by atoms with van der Waals surface area (Å²) >= 11 is 0. The van der Waals surface area contributed by atoms with Crippen LogP contribution in [0.2, 0.25) is 0 Å². The average Bonchev–Trinajstić information content (AvgIpc) is 2.41. The highest BCUT2D eigenvalue weighted by molar-refractivity contribution is 4.55. The molecule has 0 spiro atoms. The zero-order valence-electron chi connectivity index (χ0n) is 13.9. The van der Waals surface area contributed by atoms with E-state index in [0.717, 1.165) is 12.3 Å². The molecule has 0 heteroatoms. The van der Waals surface area contributed by atoms with Crippen LogP contribution >= 0.6 is 0 Å². The Kier molecular flexibility index (Phi) is 16.1. The molecule has 0 heterocycles. The largest absolute Gasteiger partial charge is 0.0654 e. The summed E-state index contributed by atoms with van der Waals surface area (Å²) in [7, 11) is 0. The van der Waals surface area contributed by atoms with E-state index in [1.54, 1.807) is 0 Å². The summed E-state index contributed by atoms with van der Waals surface area (Å²) in [6.07, 6.45) is 21.2. The van der Waals surface area contributed by atoms with E-state index in [1.165, 1.54) is 89.9 Å². The summed E-state index contributed by atoms with van der Waals surface area (Å²) in [5, 5.41) is 0. The van der Waals surface area contributed by atoms with Crippen molar-refractivity contribution in [2.75, 3.05) is 0 Å². The molecule has 1 atom stereocenters. The van der Waals surface area contributed by atoms with Crippen molar-refractivity contribution < 1.29 is 0 Å². The van der Waals surface area contributed by atoms with Gasteiger partial charge in [0.1, 0.15) is 0 Å². The maximum absolute atomic E-state index is 3.89. The molecule has 0 aliphatic rings. The Balaban J connectivity index is 3.05. The van der Waals surface area contributed by atoms with Crippen LogP contribution in [0.15, 0.2) is 0 Å². The Hall–Kier alpha value is 0. The third-order valence-electron chi connectivity index (χ3n) is 4.25. The normalized spacial score (nSPS) is 12.8. The molecule has 0 aromatic heterocycles. The van der Waals surface area contributed by atoms with E-state index < -0.39 is 0 Å². The number of unbranched alkanes of at least 4 members (excludes halogenated alkanes) is 11. The number of rotatable bonds is 15. The van der Waals surface area contributed by atoms with Gasteiger partial charge in [-0.05, 0) is 5.92 Å². The molecule has 0 amide bonds. The predicted octanol–water partition coefficient (Wildman–Crippen LogP) is 7.33. The highest BCUT2D eigenvalue weighted by Gasteiger charge is 2.01. The Morgan fingerprint density at radius 2 is 1.05 bits per heavy atom. The van der Waals surface area contributed by atoms with Gasteiger partial charge in [0.15, 0.2) is 0 Å². The molecule has 0 saturated carbocycles. The molecule has 0 rings (SSSR count). The second-order valence-corrected chi connectivity index (χ2v) is 6.43. The van der Waals surface area contributed by atoms with Gasteiger partial charge in [0.05, 0.1) is 0 Å². The lowest BCUT2D eigenvalue weighted by Gasteiger charge is -2.10. The van der Waals surface area contributed by atoms with Crippen molar-refractivity contribution in [3.05, 3.63) is 6.92 Å². The maximum Gasteiger partial charge on any atom is -0.0443 e. The van der Waals surface area contributed by atoms with Crippen LogP contribution in [0.3, 0.4) is 0 Å². The fraction of sp³-hybridized carbons (Fsp3) is 0.947. The molecule has 19 heavy (non-hydrogen) atoms. The molecular formula is C19H39. The molecule has 115 valence electrons. The Labute approximate surface area is 123 Å². The first-order chi connectivity index (χ1) is 9.31. The van der Waals surface area contributed by atoms with Crippen molar-refractivity contribution in [1.82, 2.24) is 0 Å². The quantitative estimate of drug-likeness (QED) is 0.272. The van der Waals surface area contributed by atoms with Gasteiger partial charge in [-0.2, -0.15) is 0 Å². The second-order valence-electron chi connectivity index (χ2n) is 6.43. The van der Waals surface area contributed by atoms with Gasteiger partial charge in [-0.3, -0.25) is 0 Å². The van der Waals surface area contributed by atoms with Crippen molar-refractivity contribution in [3.8, 4) is 0 Å². The van der Waals surface area contributed by atoms with E-state index in [2.05, 4.69) is 20.8 Å². The van der Waals surface area contributed by atoms with Crippen molar-refractivity contribution in [2.24, 2.45) is 5.92 Å². The maximum atomic E-state index is 3.89. The van der Waals surface area contributed by atoms with Crippen molar-refractivity contribution in [2.45, 2.75) is 110 Å². The van der Waals surface area contributed by atoms with Gasteiger partial charge in [-0.1, -0.05) is 117 Å². The van der Waals surface area contributed by atoms with E-state index in [1.807, 2.05) is 0 Å². The zero-order valence-corrected chi connectivity index (χ0v) is 13.9. The van der Waals surface area contributed by atoms with Crippen LogP contribution in [0.4, 0.5) is 0 Å². The minimum atomic E-state index is 0.967. The highest BCUT2D eigenvalue weighted by atomic mass is 14.1. The van der Waals surface area contributed by atoms with Gasteiger partial charge in [-0.25, -0.2) is 0 Å². The Morgan fingerprint density at radius 1 is 0.632 bits per heavy atom. The standard InChI is InChI=1S/C19H39/c1-4-6-8-9-10-11-12-13-14-16-18-19(3)17-15-7-5-2/h19H,1,4-18H2,2-3H3. The molecule has 1 unspecified atom stereocenters. The highest BCUT2D eigenvalue weighted by Crippen LogP contribution is 2.17. The first-order valence-electron chi connectivity index (χ1n) is 9.10. The lowest BCUT2D eigenvalue weighted by molar-refractivity contribution is 0.435. The number of hydrogen-bond donors (Lipinski definition) is 0. The smallest absolute Gasteiger partial charge is 0.0443 e. The summed E-state index contributed by atoms with van der Waals surface area (Å²) in [4.78, 5) is 0. The predicted molar refractivity (Wildman–Crippen MR) is 89.5 cm³/mol. The molecule has 0 saturated heterocycles. The lowest BCUT2D eigenvalue weighted by atomic mass is 9.96. The molecular weight excluding hydrogens is 228 g/mol. The van der Waals surface area contributed by atoms with Crippen molar-refractivity contribution in [1.29, 1.82) is 0 Å². The average molecular weight is 268 g/mol. The third kappa shape index (κ3) is 15.9. The molecule has 0 bridgehead atoms. The summed E-state index contributed by atoms with van der Waals surface area (Å²) in [6.45, 7) is 8.63. The molecule has 0 aromatic carbocycles. The fourth-order valence-electron chi connectivity index (χ4n) is 2.79. The van der Waals surface area contributed by atoms with E-state index in [9.17, 15) is 0 Å². The summed E-state index contributed by atoms with van der Waals surface area (Å²) < 4.78 is 0. The fourth-order valence-corrected chi connectivity index (χ4v) is 2.79. The molecule has 0 aromatic rings. The van der Waals surface area contributed by atoms with Crippen LogP contribution in [-0.4, -0.2) is 0 Å². The minimum absolute atomic E-state index is 0.967. The van der Waals surface area contributed by atoms with Crippen LogP contribution in [0, 0.1) is 12.8 Å². The van der Waals surface area contributed by atoms with Gasteiger partial charge < -0.3 is 0 Å². The Bertz CT molecular complexity index is 150. The second kappa shape index (κ2) is 16.1. The molecule has 0 fully saturated rings. The molecule has 1 radical (unpaired) electrons.